The summed E-state index contributed by atoms with van der Waals surface area (Å²) in [6.45, 7) is 4.03. The summed E-state index contributed by atoms with van der Waals surface area (Å²) in [4.78, 5) is 0. The van der Waals surface area contributed by atoms with Crippen LogP contribution in [0.15, 0.2) is 24.3 Å². The minimum absolute atomic E-state index is 0.891. The van der Waals surface area contributed by atoms with E-state index < -0.39 is 0 Å². The molecule has 0 saturated heterocycles. The molecule has 0 aliphatic carbocycles. The van der Waals surface area contributed by atoms with Gasteiger partial charge in [-0.15, -0.1) is 0 Å². The van der Waals surface area contributed by atoms with Gasteiger partial charge in [-0.3, -0.25) is 0 Å². The SMILES string of the molecule is CCCCCOCCCc1cc[c]cc1. The van der Waals surface area contributed by atoms with Crippen molar-refractivity contribution < 1.29 is 4.74 Å². The molecule has 83 valence electrons. The maximum Gasteiger partial charge on any atom is 0.0469 e. The molecule has 1 aromatic carbocycles. The van der Waals surface area contributed by atoms with Crippen molar-refractivity contribution in [1.82, 2.24) is 0 Å². The average Bonchev–Trinajstić information content (AvgIpc) is 2.29. The third-order valence-corrected chi connectivity index (χ3v) is 2.43. The number of hydrogen-bond acceptors (Lipinski definition) is 1. The van der Waals surface area contributed by atoms with Gasteiger partial charge in [-0.05, 0) is 30.9 Å². The van der Waals surface area contributed by atoms with Crippen molar-refractivity contribution in [3.05, 3.63) is 35.9 Å². The average molecular weight is 205 g/mol. The van der Waals surface area contributed by atoms with E-state index in [9.17, 15) is 0 Å². The Bertz CT molecular complexity index is 230. The fourth-order valence-corrected chi connectivity index (χ4v) is 1.52. The van der Waals surface area contributed by atoms with Crippen molar-refractivity contribution in [3.63, 3.8) is 0 Å². The van der Waals surface area contributed by atoms with Crippen LogP contribution >= 0.6 is 0 Å². The molecule has 0 fully saturated rings. The summed E-state index contributed by atoms with van der Waals surface area (Å²) in [6, 6.07) is 11.2. The zero-order chi connectivity index (χ0) is 10.8. The summed E-state index contributed by atoms with van der Waals surface area (Å²) in [5, 5.41) is 0. The molecule has 1 rings (SSSR count). The monoisotopic (exact) mass is 205 g/mol. The van der Waals surface area contributed by atoms with Crippen LogP contribution in [0, 0.1) is 6.07 Å². The van der Waals surface area contributed by atoms with Gasteiger partial charge in [0, 0.05) is 13.2 Å². The molecule has 0 atom stereocenters. The van der Waals surface area contributed by atoms with Crippen molar-refractivity contribution >= 4 is 0 Å². The molecule has 15 heavy (non-hydrogen) atoms. The first-order valence-corrected chi connectivity index (χ1v) is 5.96. The fourth-order valence-electron chi connectivity index (χ4n) is 1.52. The molecule has 0 amide bonds. The molecule has 0 unspecified atom stereocenters. The highest BCUT2D eigenvalue weighted by molar-refractivity contribution is 5.13. The Morgan fingerprint density at radius 1 is 1.07 bits per heavy atom. The lowest BCUT2D eigenvalue weighted by Crippen LogP contribution is -1.98. The first-order chi connectivity index (χ1) is 7.43. The second kappa shape index (κ2) is 8.49. The lowest BCUT2D eigenvalue weighted by Gasteiger charge is -2.03. The molecule has 0 aliphatic rings. The highest BCUT2D eigenvalue weighted by Crippen LogP contribution is 2.02. The van der Waals surface area contributed by atoms with E-state index in [2.05, 4.69) is 25.1 Å². The van der Waals surface area contributed by atoms with E-state index in [1.807, 2.05) is 12.1 Å². The van der Waals surface area contributed by atoms with Crippen LogP contribution in [-0.2, 0) is 11.2 Å². The minimum atomic E-state index is 0.891. The molecule has 0 bridgehead atoms. The smallest absolute Gasteiger partial charge is 0.0469 e. The molecule has 0 spiro atoms. The van der Waals surface area contributed by atoms with Gasteiger partial charge in [0.15, 0.2) is 0 Å². The van der Waals surface area contributed by atoms with Gasteiger partial charge in [0.1, 0.15) is 0 Å². The summed E-state index contributed by atoms with van der Waals surface area (Å²) < 4.78 is 5.55. The molecule has 1 heteroatoms. The van der Waals surface area contributed by atoms with E-state index in [-0.39, 0.29) is 0 Å². The Morgan fingerprint density at radius 3 is 2.53 bits per heavy atom. The van der Waals surface area contributed by atoms with Crippen LogP contribution in [0.2, 0.25) is 0 Å². The predicted molar refractivity (Wildman–Crippen MR) is 63.9 cm³/mol. The topological polar surface area (TPSA) is 9.23 Å². The van der Waals surface area contributed by atoms with E-state index >= 15 is 0 Å². The van der Waals surface area contributed by atoms with Crippen LogP contribution in [0.5, 0.6) is 0 Å². The van der Waals surface area contributed by atoms with Gasteiger partial charge in [-0.2, -0.15) is 0 Å². The molecular formula is C14H21O. The normalized spacial score (nSPS) is 10.5. The molecule has 1 aromatic rings. The van der Waals surface area contributed by atoms with E-state index in [0.717, 1.165) is 26.1 Å². The van der Waals surface area contributed by atoms with Crippen molar-refractivity contribution in [2.24, 2.45) is 0 Å². The Morgan fingerprint density at radius 2 is 1.80 bits per heavy atom. The van der Waals surface area contributed by atoms with Crippen molar-refractivity contribution in [3.8, 4) is 0 Å². The number of hydrogen-bond donors (Lipinski definition) is 0. The zero-order valence-corrected chi connectivity index (χ0v) is 9.67. The number of ether oxygens (including phenoxy) is 1. The Hall–Kier alpha value is -0.820. The molecular weight excluding hydrogens is 184 g/mol. The van der Waals surface area contributed by atoms with Gasteiger partial charge < -0.3 is 4.74 Å². The third-order valence-electron chi connectivity index (χ3n) is 2.43. The van der Waals surface area contributed by atoms with Gasteiger partial charge in [-0.25, -0.2) is 0 Å². The molecule has 1 radical (unpaired) electrons. The van der Waals surface area contributed by atoms with Crippen molar-refractivity contribution in [2.45, 2.75) is 39.0 Å². The van der Waals surface area contributed by atoms with Crippen LogP contribution in [0.1, 0.15) is 38.2 Å². The lowest BCUT2D eigenvalue weighted by molar-refractivity contribution is 0.128. The van der Waals surface area contributed by atoms with Gasteiger partial charge >= 0.3 is 0 Å². The number of rotatable bonds is 8. The van der Waals surface area contributed by atoms with Crippen LogP contribution in [0.3, 0.4) is 0 Å². The number of benzene rings is 1. The summed E-state index contributed by atoms with van der Waals surface area (Å²) in [5.74, 6) is 0. The Balaban J connectivity index is 1.93. The molecule has 0 aromatic heterocycles. The standard InChI is InChI=1S/C14H21O/c1-2-3-7-12-15-13-8-11-14-9-5-4-6-10-14/h5-6,9-10H,2-3,7-8,11-13H2,1H3. The Kier molecular flexibility index (Phi) is 6.93. The highest BCUT2D eigenvalue weighted by atomic mass is 16.5. The van der Waals surface area contributed by atoms with Gasteiger partial charge in [0.05, 0.1) is 0 Å². The second-order valence-corrected chi connectivity index (χ2v) is 3.83. The number of aryl methyl sites for hydroxylation is 1. The Labute approximate surface area is 93.5 Å². The van der Waals surface area contributed by atoms with Gasteiger partial charge in [-0.1, -0.05) is 44.0 Å². The van der Waals surface area contributed by atoms with Crippen LogP contribution in [0.25, 0.3) is 0 Å². The van der Waals surface area contributed by atoms with E-state index in [4.69, 9.17) is 4.74 Å². The largest absolute Gasteiger partial charge is 0.381 e. The molecule has 0 N–H and O–H groups in total. The van der Waals surface area contributed by atoms with Crippen LogP contribution < -0.4 is 0 Å². The molecule has 0 heterocycles. The van der Waals surface area contributed by atoms with Crippen molar-refractivity contribution in [1.29, 1.82) is 0 Å². The first kappa shape index (κ1) is 12.3. The fraction of sp³-hybridized carbons (Fsp3) is 0.571. The summed E-state index contributed by atoms with van der Waals surface area (Å²) in [5.41, 5.74) is 1.38. The van der Waals surface area contributed by atoms with E-state index in [0.29, 0.717) is 0 Å². The molecule has 0 aliphatic heterocycles. The highest BCUT2D eigenvalue weighted by Gasteiger charge is 1.92. The predicted octanol–water partition coefficient (Wildman–Crippen LogP) is 3.63. The van der Waals surface area contributed by atoms with Gasteiger partial charge in [0.25, 0.3) is 0 Å². The van der Waals surface area contributed by atoms with Crippen LogP contribution in [-0.4, -0.2) is 13.2 Å². The summed E-state index contributed by atoms with van der Waals surface area (Å²) in [6.07, 6.45) is 5.99. The van der Waals surface area contributed by atoms with E-state index in [1.54, 1.807) is 0 Å². The van der Waals surface area contributed by atoms with Crippen molar-refractivity contribution in [2.75, 3.05) is 13.2 Å². The summed E-state index contributed by atoms with van der Waals surface area (Å²) >= 11 is 0. The first-order valence-electron chi connectivity index (χ1n) is 5.96. The quantitative estimate of drug-likeness (QED) is 0.589. The maximum atomic E-state index is 5.55. The minimum Gasteiger partial charge on any atom is -0.381 e. The third kappa shape index (κ3) is 6.29. The second-order valence-electron chi connectivity index (χ2n) is 3.83. The molecule has 1 nitrogen and oxygen atoms in total. The van der Waals surface area contributed by atoms with Crippen LogP contribution in [0.4, 0.5) is 0 Å². The van der Waals surface area contributed by atoms with E-state index in [1.165, 1.54) is 24.8 Å². The zero-order valence-electron chi connectivity index (χ0n) is 9.67. The van der Waals surface area contributed by atoms with Gasteiger partial charge in [0.2, 0.25) is 0 Å². The maximum absolute atomic E-state index is 5.55. The number of unbranched alkanes of at least 4 members (excludes halogenated alkanes) is 2. The summed E-state index contributed by atoms with van der Waals surface area (Å²) in [7, 11) is 0. The lowest BCUT2D eigenvalue weighted by atomic mass is 10.1. The molecule has 0 saturated carbocycles.